The first-order valence-electron chi connectivity index (χ1n) is 7.01. The third kappa shape index (κ3) is 4.72. The number of amides is 2. The number of hydrogen-bond acceptors (Lipinski definition) is 3. The lowest BCUT2D eigenvalue weighted by molar-refractivity contribution is -0.136. The number of halogens is 1. The van der Waals surface area contributed by atoms with Gasteiger partial charge in [0, 0.05) is 17.3 Å². The first kappa shape index (κ1) is 15.8. The lowest BCUT2D eigenvalue weighted by atomic mass is 10.1. The Hall–Kier alpha value is -1.59. The van der Waals surface area contributed by atoms with E-state index in [0.717, 1.165) is 18.4 Å². The van der Waals surface area contributed by atoms with E-state index in [-0.39, 0.29) is 6.10 Å². The Labute approximate surface area is 128 Å². The van der Waals surface area contributed by atoms with Gasteiger partial charge in [-0.15, -0.1) is 0 Å². The molecule has 0 radical (unpaired) electrons. The molecule has 1 atom stereocenters. The van der Waals surface area contributed by atoms with Crippen molar-refractivity contribution in [2.45, 2.75) is 32.3 Å². The van der Waals surface area contributed by atoms with Crippen LogP contribution in [0, 0.1) is 12.8 Å². The molecule has 1 aliphatic carbocycles. The van der Waals surface area contributed by atoms with Crippen molar-refractivity contribution in [2.75, 3.05) is 11.9 Å². The number of nitrogens with one attached hydrogen (secondary N) is 2. The van der Waals surface area contributed by atoms with E-state index >= 15 is 0 Å². The predicted molar refractivity (Wildman–Crippen MR) is 81.2 cm³/mol. The fraction of sp³-hybridized carbons (Fsp3) is 0.467. The van der Waals surface area contributed by atoms with Crippen LogP contribution < -0.4 is 10.6 Å². The highest BCUT2D eigenvalue weighted by Crippen LogP contribution is 2.33. The number of aliphatic hydroxyl groups is 1. The van der Waals surface area contributed by atoms with Gasteiger partial charge in [0.2, 0.25) is 0 Å². The summed E-state index contributed by atoms with van der Waals surface area (Å²) in [6, 6.07) is 5.05. The molecule has 0 aromatic heterocycles. The molecule has 0 spiro atoms. The number of hydrogen-bond donors (Lipinski definition) is 3. The summed E-state index contributed by atoms with van der Waals surface area (Å²) < 4.78 is 0. The SMILES string of the molecule is Cc1ccc(NC(=O)C(=O)NCCC(O)C2CC2)cc1Cl. The van der Waals surface area contributed by atoms with Gasteiger partial charge >= 0.3 is 11.8 Å². The molecule has 1 aliphatic rings. The van der Waals surface area contributed by atoms with Gasteiger partial charge in [0.05, 0.1) is 6.10 Å². The quantitative estimate of drug-likeness (QED) is 0.726. The van der Waals surface area contributed by atoms with Crippen LogP contribution in [0.5, 0.6) is 0 Å². The van der Waals surface area contributed by atoms with E-state index in [1.807, 2.05) is 6.92 Å². The van der Waals surface area contributed by atoms with Gasteiger partial charge < -0.3 is 15.7 Å². The number of carbonyl (C=O) groups excluding carboxylic acids is 2. The van der Waals surface area contributed by atoms with Crippen molar-refractivity contribution in [2.24, 2.45) is 5.92 Å². The summed E-state index contributed by atoms with van der Waals surface area (Å²) in [5.74, 6) is -1.09. The second-order valence-electron chi connectivity index (χ2n) is 5.37. The zero-order valence-electron chi connectivity index (χ0n) is 11.9. The van der Waals surface area contributed by atoms with Crippen molar-refractivity contribution >= 4 is 29.1 Å². The van der Waals surface area contributed by atoms with E-state index in [4.69, 9.17) is 11.6 Å². The van der Waals surface area contributed by atoms with Crippen molar-refractivity contribution in [3.8, 4) is 0 Å². The molecule has 2 amide bonds. The highest BCUT2D eigenvalue weighted by Gasteiger charge is 2.29. The van der Waals surface area contributed by atoms with Gasteiger partial charge in [0.25, 0.3) is 0 Å². The topological polar surface area (TPSA) is 78.4 Å². The van der Waals surface area contributed by atoms with Crippen LogP contribution in [0.25, 0.3) is 0 Å². The highest BCUT2D eigenvalue weighted by atomic mass is 35.5. The molecule has 21 heavy (non-hydrogen) atoms. The molecule has 114 valence electrons. The van der Waals surface area contributed by atoms with Crippen LogP contribution in [0.4, 0.5) is 5.69 Å². The molecular formula is C15H19ClN2O3. The van der Waals surface area contributed by atoms with Crippen LogP contribution in [-0.4, -0.2) is 29.6 Å². The summed E-state index contributed by atoms with van der Waals surface area (Å²) in [6.45, 7) is 2.14. The molecule has 6 heteroatoms. The molecule has 1 fully saturated rings. The fourth-order valence-electron chi connectivity index (χ4n) is 1.99. The minimum atomic E-state index is -0.740. The minimum absolute atomic E-state index is 0.290. The highest BCUT2D eigenvalue weighted by molar-refractivity contribution is 6.39. The molecule has 2 rings (SSSR count). The summed E-state index contributed by atoms with van der Waals surface area (Å²) in [4.78, 5) is 23.3. The zero-order chi connectivity index (χ0) is 15.4. The molecule has 0 bridgehead atoms. The average molecular weight is 311 g/mol. The lowest BCUT2D eigenvalue weighted by Gasteiger charge is -2.10. The van der Waals surface area contributed by atoms with Gasteiger partial charge in [-0.25, -0.2) is 0 Å². The Balaban J connectivity index is 1.76. The Kier molecular flexibility index (Phi) is 5.20. The fourth-order valence-corrected chi connectivity index (χ4v) is 2.17. The van der Waals surface area contributed by atoms with Crippen molar-refractivity contribution in [3.63, 3.8) is 0 Å². The van der Waals surface area contributed by atoms with E-state index in [1.165, 1.54) is 0 Å². The third-order valence-corrected chi connectivity index (χ3v) is 3.93. The number of aliphatic hydroxyl groups excluding tert-OH is 1. The van der Waals surface area contributed by atoms with Crippen molar-refractivity contribution in [1.29, 1.82) is 0 Å². The Morgan fingerprint density at radius 1 is 1.38 bits per heavy atom. The molecule has 1 aromatic carbocycles. The number of aryl methyl sites for hydroxylation is 1. The second-order valence-corrected chi connectivity index (χ2v) is 5.77. The van der Waals surface area contributed by atoms with Gasteiger partial charge in [0.1, 0.15) is 0 Å². The van der Waals surface area contributed by atoms with Crippen LogP contribution in [0.3, 0.4) is 0 Å². The summed E-state index contributed by atoms with van der Waals surface area (Å²) >= 11 is 5.95. The first-order valence-corrected chi connectivity index (χ1v) is 7.38. The zero-order valence-corrected chi connectivity index (χ0v) is 12.6. The number of anilines is 1. The van der Waals surface area contributed by atoms with E-state index in [9.17, 15) is 14.7 Å². The van der Waals surface area contributed by atoms with Crippen molar-refractivity contribution in [3.05, 3.63) is 28.8 Å². The smallest absolute Gasteiger partial charge is 0.313 e. The Morgan fingerprint density at radius 2 is 2.10 bits per heavy atom. The summed E-state index contributed by atoms with van der Waals surface area (Å²) in [5, 5.41) is 15.2. The third-order valence-electron chi connectivity index (χ3n) is 3.53. The van der Waals surface area contributed by atoms with E-state index in [2.05, 4.69) is 10.6 Å². The average Bonchev–Trinajstić information content (AvgIpc) is 3.27. The monoisotopic (exact) mass is 310 g/mol. The van der Waals surface area contributed by atoms with Crippen molar-refractivity contribution in [1.82, 2.24) is 5.32 Å². The maximum atomic E-state index is 11.7. The lowest BCUT2D eigenvalue weighted by Crippen LogP contribution is -2.37. The first-order chi connectivity index (χ1) is 9.97. The maximum absolute atomic E-state index is 11.7. The van der Waals surface area contributed by atoms with Gasteiger partial charge in [0.15, 0.2) is 0 Å². The minimum Gasteiger partial charge on any atom is -0.393 e. The Morgan fingerprint density at radius 3 is 2.71 bits per heavy atom. The van der Waals surface area contributed by atoms with E-state index in [0.29, 0.717) is 29.6 Å². The van der Waals surface area contributed by atoms with Gasteiger partial charge in [-0.3, -0.25) is 9.59 Å². The molecule has 1 unspecified atom stereocenters. The largest absolute Gasteiger partial charge is 0.393 e. The van der Waals surface area contributed by atoms with Gasteiger partial charge in [-0.2, -0.15) is 0 Å². The normalized spacial score (nSPS) is 15.4. The Bertz CT molecular complexity index is 544. The van der Waals surface area contributed by atoms with Crippen LogP contribution in [0.15, 0.2) is 18.2 Å². The molecular weight excluding hydrogens is 292 g/mol. The van der Waals surface area contributed by atoms with E-state index < -0.39 is 11.8 Å². The number of carbonyl (C=O) groups is 2. The van der Waals surface area contributed by atoms with Gasteiger partial charge in [-0.05, 0) is 49.8 Å². The summed E-state index contributed by atoms with van der Waals surface area (Å²) in [6.07, 6.45) is 2.18. The molecule has 0 heterocycles. The molecule has 0 aliphatic heterocycles. The summed E-state index contributed by atoms with van der Waals surface area (Å²) in [5.41, 5.74) is 1.37. The van der Waals surface area contributed by atoms with Crippen molar-refractivity contribution < 1.29 is 14.7 Å². The van der Waals surface area contributed by atoms with Crippen LogP contribution in [-0.2, 0) is 9.59 Å². The van der Waals surface area contributed by atoms with Crippen LogP contribution in [0.2, 0.25) is 5.02 Å². The second kappa shape index (κ2) is 6.91. The van der Waals surface area contributed by atoms with E-state index in [1.54, 1.807) is 18.2 Å². The maximum Gasteiger partial charge on any atom is 0.313 e. The predicted octanol–water partition coefficient (Wildman–Crippen LogP) is 1.86. The summed E-state index contributed by atoms with van der Waals surface area (Å²) in [7, 11) is 0. The molecule has 1 saturated carbocycles. The van der Waals surface area contributed by atoms with Gasteiger partial charge in [-0.1, -0.05) is 17.7 Å². The molecule has 5 nitrogen and oxygen atoms in total. The van der Waals surface area contributed by atoms with Crippen LogP contribution >= 0.6 is 11.6 Å². The number of benzene rings is 1. The molecule has 0 saturated heterocycles. The molecule has 1 aromatic rings. The number of rotatable bonds is 5. The standard InChI is InChI=1S/C15H19ClN2O3/c1-9-2-5-11(8-12(9)16)18-15(21)14(20)17-7-6-13(19)10-3-4-10/h2,5,8,10,13,19H,3-4,6-7H2,1H3,(H,17,20)(H,18,21). The van der Waals surface area contributed by atoms with Crippen LogP contribution in [0.1, 0.15) is 24.8 Å². The molecule has 3 N–H and O–H groups in total.